The van der Waals surface area contributed by atoms with Crippen LogP contribution in [-0.4, -0.2) is 46.9 Å². The van der Waals surface area contributed by atoms with Gasteiger partial charge in [-0.05, 0) is 44.9 Å². The minimum Gasteiger partial charge on any atom is -0.462 e. The molecule has 1 amide bonds. The van der Waals surface area contributed by atoms with Gasteiger partial charge in [-0.1, -0.05) is 267 Å². The van der Waals surface area contributed by atoms with E-state index >= 15 is 0 Å². The Morgan fingerprint density at radius 3 is 1.29 bits per heavy atom. The first-order valence-corrected chi connectivity index (χ1v) is 26.7. The molecule has 0 bridgehead atoms. The van der Waals surface area contributed by atoms with E-state index in [1.54, 1.807) is 0 Å². The summed E-state index contributed by atoms with van der Waals surface area (Å²) in [6, 6.07) is -0.712. The van der Waals surface area contributed by atoms with Crippen molar-refractivity contribution in [1.29, 1.82) is 0 Å². The van der Waals surface area contributed by atoms with Gasteiger partial charge in [-0.3, -0.25) is 9.59 Å². The maximum atomic E-state index is 13.2. The van der Waals surface area contributed by atoms with Crippen LogP contribution in [0, 0.1) is 0 Å². The number of esters is 1. The summed E-state index contributed by atoms with van der Waals surface area (Å²) in [5.41, 5.74) is 0. The van der Waals surface area contributed by atoms with Gasteiger partial charge in [0.05, 0.1) is 25.2 Å². The Kier molecular flexibility index (Phi) is 48.1. The second kappa shape index (κ2) is 50.3. The first-order valence-electron chi connectivity index (χ1n) is 26.7. The van der Waals surface area contributed by atoms with Crippen LogP contribution < -0.4 is 5.32 Å². The van der Waals surface area contributed by atoms with Gasteiger partial charge in [0.15, 0.2) is 0 Å². The van der Waals surface area contributed by atoms with Crippen LogP contribution in [0.25, 0.3) is 0 Å². The summed E-state index contributed by atoms with van der Waals surface area (Å²) in [5, 5.41) is 23.8. The Labute approximate surface area is 390 Å². The molecule has 0 saturated heterocycles. The molecule has 0 aliphatic rings. The van der Waals surface area contributed by atoms with Gasteiger partial charge in [-0.2, -0.15) is 0 Å². The molecule has 0 aromatic heterocycles. The van der Waals surface area contributed by atoms with Crippen molar-refractivity contribution in [3.8, 4) is 0 Å². The number of rotatable bonds is 47. The summed E-state index contributed by atoms with van der Waals surface area (Å²) in [6.07, 6.45) is 63.8. The molecule has 6 heteroatoms. The van der Waals surface area contributed by atoms with Gasteiger partial charge < -0.3 is 20.3 Å². The van der Waals surface area contributed by atoms with E-state index in [2.05, 4.69) is 50.4 Å². The zero-order valence-electron chi connectivity index (χ0n) is 41.4. The van der Waals surface area contributed by atoms with Crippen LogP contribution in [-0.2, 0) is 14.3 Å². The van der Waals surface area contributed by atoms with Crippen molar-refractivity contribution >= 4 is 11.9 Å². The quantitative estimate of drug-likeness (QED) is 0.0321. The van der Waals surface area contributed by atoms with E-state index in [9.17, 15) is 19.8 Å². The van der Waals surface area contributed by atoms with Crippen molar-refractivity contribution in [2.45, 2.75) is 270 Å². The summed E-state index contributed by atoms with van der Waals surface area (Å²) < 4.78 is 5.92. The number of carbonyl (C=O) groups excluding carboxylic acids is 2. The van der Waals surface area contributed by atoms with Gasteiger partial charge >= 0.3 is 5.97 Å². The van der Waals surface area contributed by atoms with E-state index in [1.165, 1.54) is 135 Å². The second-order valence-electron chi connectivity index (χ2n) is 18.1. The number of aliphatic hydroxyl groups excluding tert-OH is 2. The summed E-state index contributed by atoms with van der Waals surface area (Å²) >= 11 is 0. The zero-order valence-corrected chi connectivity index (χ0v) is 41.4. The fraction of sp³-hybridized carbons (Fsp3) is 0.754. The largest absolute Gasteiger partial charge is 0.462 e. The molecule has 0 radical (unpaired) electrons. The Bertz CT molecular complexity index is 1170. The summed E-state index contributed by atoms with van der Waals surface area (Å²) in [7, 11) is 0. The fourth-order valence-electron chi connectivity index (χ4n) is 7.93. The molecule has 63 heavy (non-hydrogen) atoms. The Hall–Kier alpha value is -2.70. The van der Waals surface area contributed by atoms with Gasteiger partial charge in [-0.25, -0.2) is 0 Å². The minimum atomic E-state index is -0.797. The lowest BCUT2D eigenvalue weighted by Crippen LogP contribution is -2.46. The number of hydrogen-bond donors (Lipinski definition) is 3. The summed E-state index contributed by atoms with van der Waals surface area (Å²) in [6.45, 7) is 6.34. The maximum Gasteiger partial charge on any atom is 0.306 e. The van der Waals surface area contributed by atoms with Gasteiger partial charge in [0, 0.05) is 6.42 Å². The smallest absolute Gasteiger partial charge is 0.306 e. The number of ether oxygens (including phenoxy) is 1. The average molecular weight is 880 g/mol. The van der Waals surface area contributed by atoms with E-state index in [4.69, 9.17) is 4.74 Å². The van der Waals surface area contributed by atoms with E-state index in [1.807, 2.05) is 48.6 Å². The van der Waals surface area contributed by atoms with Gasteiger partial charge in [0.25, 0.3) is 0 Å². The predicted octanol–water partition coefficient (Wildman–Crippen LogP) is 16.2. The monoisotopic (exact) mass is 880 g/mol. The summed E-state index contributed by atoms with van der Waals surface area (Å²) in [5.74, 6) is -0.520. The molecule has 3 atom stereocenters. The number of carbonyl (C=O) groups is 2. The molecular formula is C57H101NO5. The van der Waals surface area contributed by atoms with Gasteiger partial charge in [0.2, 0.25) is 5.91 Å². The van der Waals surface area contributed by atoms with Crippen LogP contribution in [0.4, 0.5) is 0 Å². The minimum absolute atomic E-state index is 0.0591. The first-order chi connectivity index (χ1) is 31.0. The van der Waals surface area contributed by atoms with Crippen molar-refractivity contribution in [3.05, 3.63) is 72.9 Å². The predicted molar refractivity (Wildman–Crippen MR) is 273 cm³/mol. The topological polar surface area (TPSA) is 95.9 Å². The molecule has 3 unspecified atom stereocenters. The molecule has 3 N–H and O–H groups in total. The van der Waals surface area contributed by atoms with E-state index in [-0.39, 0.29) is 24.9 Å². The number of amides is 1. The standard InChI is InChI=1S/C57H101NO5/c1-4-7-10-13-16-19-22-25-27-28-29-32-35-38-41-44-47-50-57(62)63-53(48-45-42-39-36-33-30-24-21-18-15-12-9-6-3)51-56(61)58-54(52-59)55(60)49-46-43-40-37-34-31-26-23-20-17-14-11-8-5-2/h7,10,13,16,19,22,25,27-29,32,35,53-55,59-60H,4-6,8-9,11-12,14-15,17-18,20-21,23-24,26,30-31,33-34,36-52H2,1-3H3,(H,58,61)/b10-7-,16-13+,22-19+,27-25-,29-28+,35-32+. The molecule has 0 aliphatic heterocycles. The lowest BCUT2D eigenvalue weighted by atomic mass is 10.0. The molecule has 0 spiro atoms. The number of hydrogen-bond acceptors (Lipinski definition) is 5. The van der Waals surface area contributed by atoms with Crippen molar-refractivity contribution < 1.29 is 24.5 Å². The maximum absolute atomic E-state index is 13.2. The van der Waals surface area contributed by atoms with Crippen LogP contribution in [0.15, 0.2) is 72.9 Å². The van der Waals surface area contributed by atoms with Crippen molar-refractivity contribution in [2.24, 2.45) is 0 Å². The van der Waals surface area contributed by atoms with Crippen molar-refractivity contribution in [1.82, 2.24) is 5.32 Å². The molecular weight excluding hydrogens is 779 g/mol. The van der Waals surface area contributed by atoms with Crippen LogP contribution in [0.3, 0.4) is 0 Å². The number of allylic oxidation sites excluding steroid dienone is 12. The third-order valence-electron chi connectivity index (χ3n) is 12.0. The highest BCUT2D eigenvalue weighted by Crippen LogP contribution is 2.18. The third-order valence-corrected chi connectivity index (χ3v) is 12.0. The fourth-order valence-corrected chi connectivity index (χ4v) is 7.93. The average Bonchev–Trinajstić information content (AvgIpc) is 3.28. The molecule has 0 aromatic carbocycles. The second-order valence-corrected chi connectivity index (χ2v) is 18.1. The number of nitrogens with one attached hydrogen (secondary N) is 1. The molecule has 0 heterocycles. The first kappa shape index (κ1) is 60.3. The molecule has 0 saturated carbocycles. The molecule has 0 rings (SSSR count). The summed E-state index contributed by atoms with van der Waals surface area (Å²) in [4.78, 5) is 26.2. The number of unbranched alkanes of at least 4 members (excludes halogenated alkanes) is 28. The normalized spacial score (nSPS) is 13.8. The molecule has 0 fully saturated rings. The Morgan fingerprint density at radius 1 is 0.476 bits per heavy atom. The third kappa shape index (κ3) is 45.7. The van der Waals surface area contributed by atoms with E-state index in [0.717, 1.165) is 70.6 Å². The van der Waals surface area contributed by atoms with Crippen LogP contribution >= 0.6 is 0 Å². The Balaban J connectivity index is 4.64. The van der Waals surface area contributed by atoms with Crippen LogP contribution in [0.1, 0.15) is 252 Å². The van der Waals surface area contributed by atoms with Crippen LogP contribution in [0.2, 0.25) is 0 Å². The SMILES string of the molecule is CC\C=C/C=C/C=C/C=C\C=C\C=C\CCCCCC(=O)OC(CCCCCCCCCCCCCCC)CC(=O)NC(CO)C(O)CCCCCCCCCCCCCCCC. The lowest BCUT2D eigenvalue weighted by Gasteiger charge is -2.24. The van der Waals surface area contributed by atoms with Gasteiger partial charge in [-0.15, -0.1) is 0 Å². The highest BCUT2D eigenvalue weighted by Gasteiger charge is 2.24. The highest BCUT2D eigenvalue weighted by atomic mass is 16.5. The molecule has 364 valence electrons. The zero-order chi connectivity index (χ0) is 45.9. The molecule has 6 nitrogen and oxygen atoms in total. The van der Waals surface area contributed by atoms with E-state index in [0.29, 0.717) is 19.3 Å². The Morgan fingerprint density at radius 2 is 0.857 bits per heavy atom. The van der Waals surface area contributed by atoms with Gasteiger partial charge in [0.1, 0.15) is 6.10 Å². The van der Waals surface area contributed by atoms with Crippen molar-refractivity contribution in [2.75, 3.05) is 6.61 Å². The van der Waals surface area contributed by atoms with Crippen LogP contribution in [0.5, 0.6) is 0 Å². The molecule has 0 aromatic rings. The highest BCUT2D eigenvalue weighted by molar-refractivity contribution is 5.77. The lowest BCUT2D eigenvalue weighted by molar-refractivity contribution is -0.151. The van der Waals surface area contributed by atoms with E-state index < -0.39 is 18.2 Å². The molecule has 0 aliphatic carbocycles. The number of aliphatic hydroxyl groups is 2. The van der Waals surface area contributed by atoms with Crippen molar-refractivity contribution in [3.63, 3.8) is 0 Å².